The number of benzene rings is 1. The summed E-state index contributed by atoms with van der Waals surface area (Å²) >= 11 is 5.86. The van der Waals surface area contributed by atoms with Crippen molar-refractivity contribution < 1.29 is 0 Å². The van der Waals surface area contributed by atoms with Crippen LogP contribution in [-0.4, -0.2) is 12.4 Å². The summed E-state index contributed by atoms with van der Waals surface area (Å²) in [5, 5.41) is 3.81. The van der Waals surface area contributed by atoms with Crippen molar-refractivity contribution in [1.82, 2.24) is 5.32 Å². The van der Waals surface area contributed by atoms with Gasteiger partial charge in [0.2, 0.25) is 0 Å². The number of hydrogen-bond donors (Lipinski definition) is 1. The fourth-order valence-electron chi connectivity index (χ4n) is 1.19. The van der Waals surface area contributed by atoms with Gasteiger partial charge in [0.05, 0.1) is 6.54 Å². The first-order chi connectivity index (χ1) is 6.36. The molecule has 0 aliphatic carbocycles. The molecule has 0 saturated carbocycles. The molecule has 0 spiro atoms. The molecule has 0 atom stereocenters. The zero-order valence-electron chi connectivity index (χ0n) is 7.00. The highest BCUT2D eigenvalue weighted by molar-refractivity contribution is 6.31. The minimum absolute atomic E-state index is 0.731. The zero-order valence-corrected chi connectivity index (χ0v) is 7.75. The van der Waals surface area contributed by atoms with E-state index in [1.165, 1.54) is 0 Å². The molecule has 0 saturated heterocycles. The van der Waals surface area contributed by atoms with E-state index < -0.39 is 0 Å². The third-order valence-corrected chi connectivity index (χ3v) is 2.03. The zero-order chi connectivity index (χ0) is 9.10. The van der Waals surface area contributed by atoms with Gasteiger partial charge in [-0.15, -0.1) is 0 Å². The first-order valence-electron chi connectivity index (χ1n) is 4.08. The van der Waals surface area contributed by atoms with E-state index in [1.807, 2.05) is 36.5 Å². The molecule has 13 heavy (non-hydrogen) atoms. The molecule has 2 rings (SSSR count). The SMILES string of the molecule is Clc1cccc(C2=NCC=CN2)c1. The molecule has 0 amide bonds. The van der Waals surface area contributed by atoms with Crippen LogP contribution in [0.5, 0.6) is 0 Å². The lowest BCUT2D eigenvalue weighted by atomic mass is 10.2. The lowest BCUT2D eigenvalue weighted by Gasteiger charge is -2.09. The van der Waals surface area contributed by atoms with E-state index in [1.54, 1.807) is 0 Å². The monoisotopic (exact) mass is 192 g/mol. The van der Waals surface area contributed by atoms with Gasteiger partial charge in [0.25, 0.3) is 0 Å². The van der Waals surface area contributed by atoms with E-state index in [0.29, 0.717) is 0 Å². The molecule has 1 aromatic carbocycles. The van der Waals surface area contributed by atoms with Crippen LogP contribution in [0, 0.1) is 0 Å². The summed E-state index contributed by atoms with van der Waals surface area (Å²) in [6.07, 6.45) is 3.86. The molecule has 0 fully saturated rings. The average molecular weight is 193 g/mol. The van der Waals surface area contributed by atoms with Crippen LogP contribution in [0.3, 0.4) is 0 Å². The summed E-state index contributed by atoms with van der Waals surface area (Å²) in [7, 11) is 0. The maximum absolute atomic E-state index is 5.86. The van der Waals surface area contributed by atoms with E-state index in [-0.39, 0.29) is 0 Å². The minimum atomic E-state index is 0.731. The summed E-state index contributed by atoms with van der Waals surface area (Å²) in [5.74, 6) is 0.880. The first kappa shape index (κ1) is 8.32. The minimum Gasteiger partial charge on any atom is -0.347 e. The standard InChI is InChI=1S/C10H9ClN2/c11-9-4-1-3-8(7-9)10-12-5-2-6-13-10/h1-5,7H,6H2,(H,12,13). The third kappa shape index (κ3) is 1.90. The second-order valence-electron chi connectivity index (χ2n) is 2.75. The van der Waals surface area contributed by atoms with Gasteiger partial charge in [-0.2, -0.15) is 0 Å². The Kier molecular flexibility index (Phi) is 2.32. The third-order valence-electron chi connectivity index (χ3n) is 1.79. The van der Waals surface area contributed by atoms with Gasteiger partial charge in [-0.3, -0.25) is 4.99 Å². The second kappa shape index (κ2) is 3.62. The predicted molar refractivity (Wildman–Crippen MR) is 55.1 cm³/mol. The highest BCUT2D eigenvalue weighted by atomic mass is 35.5. The van der Waals surface area contributed by atoms with Gasteiger partial charge in [0.1, 0.15) is 5.84 Å². The average Bonchev–Trinajstić information content (AvgIpc) is 2.19. The van der Waals surface area contributed by atoms with Crippen LogP contribution in [0.25, 0.3) is 0 Å². The lowest BCUT2D eigenvalue weighted by molar-refractivity contribution is 1.10. The van der Waals surface area contributed by atoms with Crippen LogP contribution in [0.2, 0.25) is 5.02 Å². The Morgan fingerprint density at radius 2 is 2.31 bits per heavy atom. The van der Waals surface area contributed by atoms with E-state index >= 15 is 0 Å². The Morgan fingerprint density at radius 3 is 3.00 bits per heavy atom. The van der Waals surface area contributed by atoms with Gasteiger partial charge < -0.3 is 5.32 Å². The fraction of sp³-hybridized carbons (Fsp3) is 0.100. The van der Waals surface area contributed by atoms with Gasteiger partial charge in [0.15, 0.2) is 0 Å². The van der Waals surface area contributed by atoms with Crippen molar-refractivity contribution in [2.24, 2.45) is 4.99 Å². The fourth-order valence-corrected chi connectivity index (χ4v) is 1.38. The Morgan fingerprint density at radius 1 is 1.38 bits per heavy atom. The van der Waals surface area contributed by atoms with Crippen LogP contribution >= 0.6 is 11.6 Å². The number of aliphatic imine (C=N–C) groups is 1. The van der Waals surface area contributed by atoms with E-state index in [0.717, 1.165) is 23.0 Å². The molecule has 1 aliphatic heterocycles. The molecular formula is C10H9ClN2. The molecule has 1 aliphatic rings. The highest BCUT2D eigenvalue weighted by Crippen LogP contribution is 2.11. The summed E-state index contributed by atoms with van der Waals surface area (Å²) in [4.78, 5) is 4.30. The Bertz CT molecular complexity index is 369. The van der Waals surface area contributed by atoms with Crippen molar-refractivity contribution >= 4 is 17.4 Å². The van der Waals surface area contributed by atoms with Gasteiger partial charge >= 0.3 is 0 Å². The van der Waals surface area contributed by atoms with Crippen LogP contribution in [0.4, 0.5) is 0 Å². The van der Waals surface area contributed by atoms with E-state index in [4.69, 9.17) is 11.6 Å². The highest BCUT2D eigenvalue weighted by Gasteiger charge is 2.03. The topological polar surface area (TPSA) is 24.4 Å². The number of hydrogen-bond acceptors (Lipinski definition) is 2. The van der Waals surface area contributed by atoms with Crippen molar-refractivity contribution in [1.29, 1.82) is 0 Å². The molecule has 66 valence electrons. The number of amidine groups is 1. The molecule has 0 unspecified atom stereocenters. The van der Waals surface area contributed by atoms with Gasteiger partial charge in [-0.25, -0.2) is 0 Å². The van der Waals surface area contributed by atoms with Crippen LogP contribution in [0.15, 0.2) is 41.5 Å². The maximum atomic E-state index is 5.86. The number of rotatable bonds is 1. The number of nitrogens with one attached hydrogen (secondary N) is 1. The lowest BCUT2D eigenvalue weighted by Crippen LogP contribution is -2.21. The normalized spacial score (nSPS) is 15.0. The largest absolute Gasteiger partial charge is 0.347 e. The van der Waals surface area contributed by atoms with Gasteiger partial charge in [-0.05, 0) is 18.2 Å². The quantitative estimate of drug-likeness (QED) is 0.725. The van der Waals surface area contributed by atoms with Crippen molar-refractivity contribution in [3.63, 3.8) is 0 Å². The summed E-state index contributed by atoms with van der Waals surface area (Å²) < 4.78 is 0. The molecule has 2 nitrogen and oxygen atoms in total. The molecule has 1 heterocycles. The molecule has 0 aromatic heterocycles. The number of nitrogens with zero attached hydrogens (tertiary/aromatic N) is 1. The maximum Gasteiger partial charge on any atom is 0.132 e. The van der Waals surface area contributed by atoms with Crippen molar-refractivity contribution in [2.45, 2.75) is 0 Å². The number of halogens is 1. The van der Waals surface area contributed by atoms with Crippen molar-refractivity contribution in [3.8, 4) is 0 Å². The molecule has 3 heteroatoms. The predicted octanol–water partition coefficient (Wildman–Crippen LogP) is 2.20. The van der Waals surface area contributed by atoms with Crippen LogP contribution in [-0.2, 0) is 0 Å². The van der Waals surface area contributed by atoms with Crippen LogP contribution < -0.4 is 5.32 Å². The summed E-state index contributed by atoms with van der Waals surface area (Å²) in [6, 6.07) is 7.65. The van der Waals surface area contributed by atoms with Crippen molar-refractivity contribution in [2.75, 3.05) is 6.54 Å². The molecule has 1 N–H and O–H groups in total. The first-order valence-corrected chi connectivity index (χ1v) is 4.46. The van der Waals surface area contributed by atoms with Crippen LogP contribution in [0.1, 0.15) is 5.56 Å². The van der Waals surface area contributed by atoms with Gasteiger partial charge in [-0.1, -0.05) is 23.7 Å². The summed E-state index contributed by atoms with van der Waals surface area (Å²) in [5.41, 5.74) is 1.02. The Labute approximate surface area is 81.9 Å². The van der Waals surface area contributed by atoms with E-state index in [2.05, 4.69) is 10.3 Å². The van der Waals surface area contributed by atoms with Crippen molar-refractivity contribution in [3.05, 3.63) is 47.1 Å². The smallest absolute Gasteiger partial charge is 0.132 e. The Balaban J connectivity index is 2.30. The molecular weight excluding hydrogens is 184 g/mol. The molecule has 0 radical (unpaired) electrons. The second-order valence-corrected chi connectivity index (χ2v) is 3.18. The summed E-state index contributed by atoms with van der Waals surface area (Å²) in [6.45, 7) is 0.731. The van der Waals surface area contributed by atoms with Gasteiger partial charge in [0, 0.05) is 16.8 Å². The molecule has 0 bridgehead atoms. The Hall–Kier alpha value is -1.28. The molecule has 1 aromatic rings. The van der Waals surface area contributed by atoms with E-state index in [9.17, 15) is 0 Å².